The lowest BCUT2D eigenvalue weighted by Crippen LogP contribution is -2.49. The molecule has 0 spiro atoms. The topological polar surface area (TPSA) is 79.5 Å². The molecule has 0 N–H and O–H groups in total. The summed E-state index contributed by atoms with van der Waals surface area (Å²) in [5, 5.41) is 4.08. The Morgan fingerprint density at radius 3 is 2.31 bits per heavy atom. The summed E-state index contributed by atoms with van der Waals surface area (Å²) in [5.74, 6) is 1.09. The predicted molar refractivity (Wildman–Crippen MR) is 113 cm³/mol. The van der Waals surface area contributed by atoms with Crippen molar-refractivity contribution in [1.82, 2.24) is 19.3 Å². The summed E-state index contributed by atoms with van der Waals surface area (Å²) in [6.07, 6.45) is 0. The first-order valence-corrected chi connectivity index (χ1v) is 11.6. The molecular weight excluding hydrogens is 456 g/mol. The minimum Gasteiger partial charge on any atom is -0.337 e. The summed E-state index contributed by atoms with van der Waals surface area (Å²) in [4.78, 5) is 7.00. The second kappa shape index (κ2) is 8.35. The number of benzene rings is 2. The van der Waals surface area contributed by atoms with Crippen LogP contribution in [0.2, 0.25) is 0 Å². The normalized spacial score (nSPS) is 17.3. The van der Waals surface area contributed by atoms with Crippen LogP contribution in [0.15, 0.2) is 68.5 Å². The van der Waals surface area contributed by atoms with Gasteiger partial charge in [-0.3, -0.25) is 4.90 Å². The van der Waals surface area contributed by atoms with Gasteiger partial charge < -0.3 is 4.52 Å². The van der Waals surface area contributed by atoms with Crippen molar-refractivity contribution in [3.63, 3.8) is 0 Å². The van der Waals surface area contributed by atoms with Gasteiger partial charge >= 0.3 is 0 Å². The number of piperazine rings is 1. The van der Waals surface area contributed by atoms with Crippen LogP contribution in [0.1, 0.15) is 18.9 Å². The highest BCUT2D eigenvalue weighted by Crippen LogP contribution is 2.25. The summed E-state index contributed by atoms with van der Waals surface area (Å²) in [5.41, 5.74) is 0.903. The minimum absolute atomic E-state index is 0.0857. The highest BCUT2D eigenvalue weighted by Gasteiger charge is 2.31. The zero-order valence-corrected chi connectivity index (χ0v) is 18.3. The van der Waals surface area contributed by atoms with Crippen LogP contribution < -0.4 is 0 Å². The highest BCUT2D eigenvalue weighted by atomic mass is 79.9. The summed E-state index contributed by atoms with van der Waals surface area (Å²) in [6.45, 7) is 4.03. The summed E-state index contributed by atoms with van der Waals surface area (Å²) in [6, 6.07) is 16.3. The summed E-state index contributed by atoms with van der Waals surface area (Å²) < 4.78 is 33.6. The maximum Gasteiger partial charge on any atom is 0.244 e. The Hall–Kier alpha value is -2.07. The van der Waals surface area contributed by atoms with Crippen molar-refractivity contribution in [3.05, 3.63) is 65.0 Å². The number of sulfonamides is 1. The minimum atomic E-state index is -3.49. The second-order valence-corrected chi connectivity index (χ2v) is 9.75. The first-order valence-electron chi connectivity index (χ1n) is 9.34. The van der Waals surface area contributed by atoms with E-state index >= 15 is 0 Å². The number of aromatic nitrogens is 2. The molecule has 4 rings (SSSR count). The average Bonchev–Trinajstić information content (AvgIpc) is 3.24. The SMILES string of the molecule is CC(c1nc(-c2ccccc2)no1)N1CCN(S(=O)(=O)c2ccc(Br)cc2)CC1. The fourth-order valence-electron chi connectivity index (χ4n) is 3.35. The van der Waals surface area contributed by atoms with Crippen molar-refractivity contribution in [2.75, 3.05) is 26.2 Å². The summed E-state index contributed by atoms with van der Waals surface area (Å²) in [7, 11) is -3.49. The maximum absolute atomic E-state index is 12.9. The number of halogens is 1. The van der Waals surface area contributed by atoms with Gasteiger partial charge in [0, 0.05) is 36.2 Å². The zero-order valence-electron chi connectivity index (χ0n) is 15.9. The quantitative estimate of drug-likeness (QED) is 0.559. The lowest BCUT2D eigenvalue weighted by molar-refractivity contribution is 0.124. The van der Waals surface area contributed by atoms with E-state index in [1.165, 1.54) is 4.31 Å². The molecule has 0 bridgehead atoms. The van der Waals surface area contributed by atoms with Gasteiger partial charge in [0.1, 0.15) is 0 Å². The van der Waals surface area contributed by atoms with E-state index < -0.39 is 10.0 Å². The molecule has 2 heterocycles. The van der Waals surface area contributed by atoms with Crippen molar-refractivity contribution in [1.29, 1.82) is 0 Å². The van der Waals surface area contributed by atoms with Crippen LogP contribution in [0.3, 0.4) is 0 Å². The smallest absolute Gasteiger partial charge is 0.244 e. The Kier molecular flexibility index (Phi) is 5.82. The fraction of sp³-hybridized carbons (Fsp3) is 0.300. The van der Waals surface area contributed by atoms with Crippen molar-refractivity contribution in [2.24, 2.45) is 0 Å². The van der Waals surface area contributed by atoms with Crippen LogP contribution in [0.5, 0.6) is 0 Å². The molecule has 1 fully saturated rings. The van der Waals surface area contributed by atoms with Gasteiger partial charge in [-0.1, -0.05) is 51.4 Å². The largest absolute Gasteiger partial charge is 0.337 e. The van der Waals surface area contributed by atoms with Crippen LogP contribution in [-0.2, 0) is 10.0 Å². The number of hydrogen-bond donors (Lipinski definition) is 0. The van der Waals surface area contributed by atoms with Crippen molar-refractivity contribution < 1.29 is 12.9 Å². The monoisotopic (exact) mass is 476 g/mol. The second-order valence-electron chi connectivity index (χ2n) is 6.89. The Morgan fingerprint density at radius 1 is 1.00 bits per heavy atom. The molecular formula is C20H21BrN4O3S. The average molecular weight is 477 g/mol. The molecule has 0 amide bonds. The van der Waals surface area contributed by atoms with Gasteiger partial charge in [-0.2, -0.15) is 9.29 Å². The molecule has 1 aliphatic rings. The molecule has 29 heavy (non-hydrogen) atoms. The van der Waals surface area contributed by atoms with E-state index in [0.29, 0.717) is 42.8 Å². The molecule has 3 aromatic rings. The van der Waals surface area contributed by atoms with Gasteiger partial charge in [0.15, 0.2) is 0 Å². The number of rotatable bonds is 5. The van der Waals surface area contributed by atoms with Crippen molar-refractivity contribution in [2.45, 2.75) is 17.9 Å². The standard InChI is InChI=1S/C20H21BrN4O3S/c1-15(20-22-19(23-28-20)16-5-3-2-4-6-16)24-11-13-25(14-12-24)29(26,27)18-9-7-17(21)8-10-18/h2-10,15H,11-14H2,1H3. The van der Waals surface area contributed by atoms with Crippen LogP contribution in [0, 0.1) is 0 Å². The molecule has 152 valence electrons. The molecule has 7 nitrogen and oxygen atoms in total. The molecule has 0 saturated carbocycles. The molecule has 2 aromatic carbocycles. The van der Waals surface area contributed by atoms with Crippen LogP contribution in [0.4, 0.5) is 0 Å². The third-order valence-electron chi connectivity index (χ3n) is 5.10. The summed E-state index contributed by atoms with van der Waals surface area (Å²) >= 11 is 3.34. The lowest BCUT2D eigenvalue weighted by Gasteiger charge is -2.36. The molecule has 1 saturated heterocycles. The van der Waals surface area contributed by atoms with Crippen LogP contribution in [-0.4, -0.2) is 53.9 Å². The maximum atomic E-state index is 12.9. The number of hydrogen-bond acceptors (Lipinski definition) is 6. The molecule has 9 heteroatoms. The van der Waals surface area contributed by atoms with Gasteiger partial charge in [-0.05, 0) is 31.2 Å². The molecule has 1 aliphatic heterocycles. The first kappa shape index (κ1) is 20.2. The zero-order chi connectivity index (χ0) is 20.4. The van der Waals surface area contributed by atoms with Gasteiger partial charge in [-0.25, -0.2) is 8.42 Å². The molecule has 0 aliphatic carbocycles. The fourth-order valence-corrected chi connectivity index (χ4v) is 5.04. The van der Waals surface area contributed by atoms with E-state index in [1.54, 1.807) is 24.3 Å². The molecule has 1 atom stereocenters. The van der Waals surface area contributed by atoms with Crippen molar-refractivity contribution in [3.8, 4) is 11.4 Å². The molecule has 0 radical (unpaired) electrons. The van der Waals surface area contributed by atoms with Gasteiger partial charge in [0.2, 0.25) is 21.7 Å². The molecule has 1 unspecified atom stereocenters. The van der Waals surface area contributed by atoms with Gasteiger partial charge in [-0.15, -0.1) is 0 Å². The van der Waals surface area contributed by atoms with E-state index in [-0.39, 0.29) is 6.04 Å². The van der Waals surface area contributed by atoms with Gasteiger partial charge in [0.05, 0.1) is 10.9 Å². The van der Waals surface area contributed by atoms with Crippen LogP contribution in [0.25, 0.3) is 11.4 Å². The predicted octanol–water partition coefficient (Wildman–Crippen LogP) is 3.57. The van der Waals surface area contributed by atoms with Crippen molar-refractivity contribution >= 4 is 26.0 Å². The Bertz CT molecular complexity index is 1060. The Labute approximate surface area is 178 Å². The van der Waals surface area contributed by atoms with E-state index in [9.17, 15) is 8.42 Å². The van der Waals surface area contributed by atoms with E-state index in [1.807, 2.05) is 37.3 Å². The van der Waals surface area contributed by atoms with E-state index in [2.05, 4.69) is 31.0 Å². The Morgan fingerprint density at radius 2 is 1.66 bits per heavy atom. The van der Waals surface area contributed by atoms with E-state index in [0.717, 1.165) is 10.0 Å². The highest BCUT2D eigenvalue weighted by molar-refractivity contribution is 9.10. The van der Waals surface area contributed by atoms with Gasteiger partial charge in [0.25, 0.3) is 0 Å². The number of nitrogens with zero attached hydrogens (tertiary/aromatic N) is 4. The first-order chi connectivity index (χ1) is 13.9. The Balaban J connectivity index is 1.42. The lowest BCUT2D eigenvalue weighted by atomic mass is 10.2. The third-order valence-corrected chi connectivity index (χ3v) is 7.55. The molecule has 1 aromatic heterocycles. The van der Waals surface area contributed by atoms with Crippen LogP contribution >= 0.6 is 15.9 Å². The third kappa shape index (κ3) is 4.28. The van der Waals surface area contributed by atoms with E-state index in [4.69, 9.17) is 4.52 Å².